The first-order valence-electron chi connectivity index (χ1n) is 16.1. The summed E-state index contributed by atoms with van der Waals surface area (Å²) in [5.74, 6) is -1.88. The van der Waals surface area contributed by atoms with Crippen LogP contribution in [0.2, 0.25) is 0 Å². The molecule has 52 heavy (non-hydrogen) atoms. The Kier molecular flexibility index (Phi) is 20.7. The average molecular weight is 733 g/mol. The van der Waals surface area contributed by atoms with Crippen LogP contribution < -0.4 is 20.1 Å². The number of nitrogens with one attached hydrogen (secondary N) is 2. The number of esters is 4. The number of ether oxygens (including phenoxy) is 8. The van der Waals surface area contributed by atoms with Crippen molar-refractivity contribution in [2.45, 2.75) is 52.7 Å². The van der Waals surface area contributed by atoms with Crippen LogP contribution in [0.15, 0.2) is 72.9 Å². The van der Waals surface area contributed by atoms with E-state index >= 15 is 0 Å². The molecule has 16 heteroatoms. The monoisotopic (exact) mass is 732 g/mol. The molecule has 16 nitrogen and oxygen atoms in total. The van der Waals surface area contributed by atoms with Gasteiger partial charge in [-0.3, -0.25) is 0 Å². The summed E-state index contributed by atoms with van der Waals surface area (Å²) >= 11 is 0. The Labute approximate surface area is 303 Å². The Morgan fingerprint density at radius 3 is 1.25 bits per heavy atom. The van der Waals surface area contributed by atoms with E-state index < -0.39 is 48.3 Å². The molecule has 0 spiro atoms. The van der Waals surface area contributed by atoms with Crippen molar-refractivity contribution in [1.29, 1.82) is 0 Å². The van der Waals surface area contributed by atoms with E-state index in [-0.39, 0.29) is 86.5 Å². The summed E-state index contributed by atoms with van der Waals surface area (Å²) in [7, 11) is 0. The van der Waals surface area contributed by atoms with Crippen molar-refractivity contribution in [3.05, 3.63) is 72.9 Å². The topological polar surface area (TPSA) is 200 Å². The molecule has 2 amide bonds. The standard InChI is InChI=1S/C36H48N2O14/c1-23(2)31(39)45-16-10-14-37-35(43)51-29(21-49-33(41)25(5)6)19-47-27-12-9-13-28(18-27)48-20-30(22-50-34(42)26(7)8)52-36(44)38-15-11-17-46-32(40)24(3)4/h9,12-13,18,29-30H,1,3,5,7,10-11,14-17,19-22H2,2,4,6,8H3,(H,37,43)(H,38,44). The summed E-state index contributed by atoms with van der Waals surface area (Å²) in [5.41, 5.74) is 0.805. The van der Waals surface area contributed by atoms with Gasteiger partial charge in [0.05, 0.1) is 13.2 Å². The van der Waals surface area contributed by atoms with E-state index in [1.165, 1.54) is 33.8 Å². The number of benzene rings is 1. The zero-order valence-corrected chi connectivity index (χ0v) is 30.1. The van der Waals surface area contributed by atoms with E-state index in [0.29, 0.717) is 12.8 Å². The molecule has 0 heterocycles. The maximum absolute atomic E-state index is 12.4. The van der Waals surface area contributed by atoms with E-state index in [1.54, 1.807) is 18.2 Å². The lowest BCUT2D eigenvalue weighted by atomic mass is 10.3. The molecule has 2 atom stereocenters. The Balaban J connectivity index is 2.79. The van der Waals surface area contributed by atoms with E-state index in [9.17, 15) is 28.8 Å². The smallest absolute Gasteiger partial charge is 0.407 e. The van der Waals surface area contributed by atoms with Crippen LogP contribution in [-0.4, -0.2) is 101 Å². The summed E-state index contributed by atoms with van der Waals surface area (Å²) in [6.45, 7) is 19.2. The predicted molar refractivity (Wildman–Crippen MR) is 186 cm³/mol. The van der Waals surface area contributed by atoms with Gasteiger partial charge in [-0.25, -0.2) is 28.8 Å². The molecule has 0 aromatic heterocycles. The number of carbonyl (C=O) groups excluding carboxylic acids is 6. The van der Waals surface area contributed by atoms with Crippen LogP contribution in [0.5, 0.6) is 11.5 Å². The maximum Gasteiger partial charge on any atom is 0.407 e. The predicted octanol–water partition coefficient (Wildman–Crippen LogP) is 3.89. The molecule has 2 N–H and O–H groups in total. The molecule has 1 aromatic carbocycles. The van der Waals surface area contributed by atoms with E-state index in [1.807, 2.05) is 0 Å². The van der Waals surface area contributed by atoms with Crippen LogP contribution in [0, 0.1) is 0 Å². The summed E-state index contributed by atoms with van der Waals surface area (Å²) < 4.78 is 42.6. The van der Waals surface area contributed by atoms with Gasteiger partial charge in [0.2, 0.25) is 0 Å². The van der Waals surface area contributed by atoms with Crippen LogP contribution in [-0.2, 0) is 47.6 Å². The second kappa shape index (κ2) is 24.4. The third-order valence-corrected chi connectivity index (χ3v) is 6.07. The zero-order valence-electron chi connectivity index (χ0n) is 30.1. The highest BCUT2D eigenvalue weighted by atomic mass is 16.6. The van der Waals surface area contributed by atoms with Crippen LogP contribution >= 0.6 is 0 Å². The van der Waals surface area contributed by atoms with Crippen molar-refractivity contribution in [3.8, 4) is 11.5 Å². The lowest BCUT2D eigenvalue weighted by Crippen LogP contribution is -2.36. The van der Waals surface area contributed by atoms with Crippen LogP contribution in [0.1, 0.15) is 40.5 Å². The maximum atomic E-state index is 12.4. The second-order valence-corrected chi connectivity index (χ2v) is 11.3. The number of carbonyl (C=O) groups is 6. The van der Waals surface area contributed by atoms with Gasteiger partial charge in [0.25, 0.3) is 0 Å². The molecule has 1 rings (SSSR count). The van der Waals surface area contributed by atoms with Gasteiger partial charge in [-0.05, 0) is 52.7 Å². The fourth-order valence-corrected chi connectivity index (χ4v) is 3.34. The van der Waals surface area contributed by atoms with E-state index in [4.69, 9.17) is 37.9 Å². The first kappa shape index (κ1) is 44.2. The number of rotatable bonds is 24. The molecule has 0 fully saturated rings. The van der Waals surface area contributed by atoms with Crippen molar-refractivity contribution in [3.63, 3.8) is 0 Å². The Morgan fingerprint density at radius 1 is 0.558 bits per heavy atom. The normalized spacial score (nSPS) is 11.3. The SMILES string of the molecule is C=C(C)C(=O)OCCCNC(=O)OC(COC(=O)C(=C)C)COc1cccc(OCC(COC(=O)C(=C)C)OC(=O)NCCCOC(=O)C(=C)C)c1. The molecule has 0 radical (unpaired) electrons. The van der Waals surface area contributed by atoms with Gasteiger partial charge in [0.1, 0.15) is 37.9 Å². The lowest BCUT2D eigenvalue weighted by molar-refractivity contribution is -0.143. The van der Waals surface area contributed by atoms with Crippen LogP contribution in [0.4, 0.5) is 9.59 Å². The third-order valence-electron chi connectivity index (χ3n) is 6.07. The molecular weight excluding hydrogens is 684 g/mol. The van der Waals surface area contributed by atoms with Gasteiger partial charge in [0, 0.05) is 41.4 Å². The van der Waals surface area contributed by atoms with Gasteiger partial charge < -0.3 is 48.5 Å². The van der Waals surface area contributed by atoms with E-state index in [2.05, 4.69) is 36.9 Å². The molecule has 2 unspecified atom stereocenters. The highest BCUT2D eigenvalue weighted by Crippen LogP contribution is 2.20. The fraction of sp³-hybridized carbons (Fsp3) is 0.444. The fourth-order valence-electron chi connectivity index (χ4n) is 3.34. The Hall–Kier alpha value is -5.80. The Bertz CT molecular complexity index is 1350. The van der Waals surface area contributed by atoms with Crippen molar-refractivity contribution < 1.29 is 66.7 Å². The van der Waals surface area contributed by atoms with Crippen molar-refractivity contribution in [2.75, 3.05) is 52.7 Å². The van der Waals surface area contributed by atoms with E-state index in [0.717, 1.165) is 0 Å². The first-order chi connectivity index (χ1) is 24.6. The summed E-state index contributed by atoms with van der Waals surface area (Å²) in [6, 6.07) is 6.31. The molecule has 0 bridgehead atoms. The van der Waals surface area contributed by atoms with Crippen molar-refractivity contribution in [1.82, 2.24) is 10.6 Å². The molecule has 1 aromatic rings. The molecule has 0 saturated carbocycles. The van der Waals surface area contributed by atoms with Crippen LogP contribution in [0.3, 0.4) is 0 Å². The summed E-state index contributed by atoms with van der Waals surface area (Å²) in [4.78, 5) is 71.7. The highest BCUT2D eigenvalue weighted by Gasteiger charge is 2.21. The molecule has 0 aliphatic rings. The van der Waals surface area contributed by atoms with Crippen molar-refractivity contribution >= 4 is 36.1 Å². The van der Waals surface area contributed by atoms with Gasteiger partial charge in [-0.1, -0.05) is 32.4 Å². The quantitative estimate of drug-likeness (QED) is 0.0671. The number of alkyl carbamates (subject to hydrolysis) is 2. The third kappa shape index (κ3) is 20.0. The van der Waals surface area contributed by atoms with Gasteiger partial charge >= 0.3 is 36.1 Å². The molecule has 0 aliphatic heterocycles. The van der Waals surface area contributed by atoms with Gasteiger partial charge in [-0.15, -0.1) is 0 Å². The highest BCUT2D eigenvalue weighted by molar-refractivity contribution is 5.88. The minimum atomic E-state index is -1.04. The Morgan fingerprint density at radius 2 is 0.904 bits per heavy atom. The largest absolute Gasteiger partial charge is 0.489 e. The van der Waals surface area contributed by atoms with Gasteiger partial charge in [0.15, 0.2) is 12.2 Å². The van der Waals surface area contributed by atoms with Crippen molar-refractivity contribution in [2.24, 2.45) is 0 Å². The average Bonchev–Trinajstić information content (AvgIpc) is 3.09. The molecule has 0 saturated heterocycles. The number of amides is 2. The molecular formula is C36H48N2O14. The molecule has 286 valence electrons. The zero-order chi connectivity index (χ0) is 39.1. The number of hydrogen-bond acceptors (Lipinski definition) is 14. The minimum absolute atomic E-state index is 0.0588. The minimum Gasteiger partial charge on any atom is -0.489 e. The summed E-state index contributed by atoms with van der Waals surface area (Å²) in [5, 5.41) is 5.03. The first-order valence-corrected chi connectivity index (χ1v) is 16.1. The number of hydrogen-bond donors (Lipinski definition) is 2. The second-order valence-electron chi connectivity index (χ2n) is 11.3. The molecule has 0 aliphatic carbocycles. The van der Waals surface area contributed by atoms with Crippen LogP contribution in [0.25, 0.3) is 0 Å². The lowest BCUT2D eigenvalue weighted by Gasteiger charge is -2.20. The summed E-state index contributed by atoms with van der Waals surface area (Å²) in [6.07, 6.45) is -3.09. The van der Waals surface area contributed by atoms with Gasteiger partial charge in [-0.2, -0.15) is 0 Å².